The van der Waals surface area contributed by atoms with E-state index >= 15 is 0 Å². The van der Waals surface area contributed by atoms with E-state index in [0.717, 1.165) is 11.8 Å². The number of aldehydes is 1. The quantitative estimate of drug-likeness (QED) is 0.722. The fourth-order valence-corrected chi connectivity index (χ4v) is 1.68. The van der Waals surface area contributed by atoms with Gasteiger partial charge in [-0.2, -0.15) is 0 Å². The molecule has 0 unspecified atom stereocenters. The Balaban J connectivity index is 2.28. The molecule has 1 aliphatic rings. The maximum absolute atomic E-state index is 10.9. The first-order valence-electron chi connectivity index (χ1n) is 4.75. The lowest BCUT2D eigenvalue weighted by atomic mass is 10.00. The third kappa shape index (κ3) is 1.83. The zero-order valence-electron chi connectivity index (χ0n) is 8.10. The normalized spacial score (nSPS) is 18.8. The van der Waals surface area contributed by atoms with E-state index in [4.69, 9.17) is 10.5 Å². The van der Waals surface area contributed by atoms with E-state index in [-0.39, 0.29) is 0 Å². The Morgan fingerprint density at radius 2 is 2.33 bits per heavy atom. The van der Waals surface area contributed by atoms with Gasteiger partial charge in [0.05, 0.1) is 0 Å². The fourth-order valence-electron chi connectivity index (χ4n) is 1.68. The Hall–Kier alpha value is -1.84. The highest BCUT2D eigenvalue weighted by Crippen LogP contribution is 2.27. The van der Waals surface area contributed by atoms with Crippen LogP contribution in [0.4, 0.5) is 0 Å². The third-order valence-corrected chi connectivity index (χ3v) is 2.48. The van der Waals surface area contributed by atoms with Gasteiger partial charge in [-0.05, 0) is 36.6 Å². The van der Waals surface area contributed by atoms with Crippen molar-refractivity contribution in [2.24, 2.45) is 5.73 Å². The molecule has 2 N–H and O–H groups in total. The number of fused-ring (bicyclic) bond motifs is 1. The highest BCUT2D eigenvalue weighted by atomic mass is 16.5. The van der Waals surface area contributed by atoms with Gasteiger partial charge in [0.25, 0.3) is 5.91 Å². The van der Waals surface area contributed by atoms with Gasteiger partial charge in [0.15, 0.2) is 6.10 Å². The summed E-state index contributed by atoms with van der Waals surface area (Å²) in [5.74, 6) is 0.204. The fraction of sp³-hybridized carbons (Fsp3) is 0.273. The SMILES string of the molecule is NC(=O)[C@H]1CCc2cc(C=O)ccc2O1. The Kier molecular flexibility index (Phi) is 2.41. The van der Waals surface area contributed by atoms with Crippen LogP contribution >= 0.6 is 0 Å². The van der Waals surface area contributed by atoms with Crippen LogP contribution in [0.5, 0.6) is 5.75 Å². The predicted octanol–water partition coefficient (Wildman–Crippen LogP) is 0.678. The van der Waals surface area contributed by atoms with Gasteiger partial charge < -0.3 is 10.5 Å². The number of nitrogens with two attached hydrogens (primary N) is 1. The second-order valence-corrected chi connectivity index (χ2v) is 3.53. The van der Waals surface area contributed by atoms with Crippen LogP contribution < -0.4 is 10.5 Å². The molecule has 0 radical (unpaired) electrons. The molecule has 15 heavy (non-hydrogen) atoms. The molecule has 4 heteroatoms. The zero-order valence-corrected chi connectivity index (χ0v) is 8.10. The van der Waals surface area contributed by atoms with E-state index < -0.39 is 12.0 Å². The summed E-state index contributed by atoms with van der Waals surface area (Å²) in [5, 5.41) is 0. The summed E-state index contributed by atoms with van der Waals surface area (Å²) in [5.41, 5.74) is 6.74. The van der Waals surface area contributed by atoms with E-state index in [1.807, 2.05) is 0 Å². The Morgan fingerprint density at radius 3 is 3.00 bits per heavy atom. The van der Waals surface area contributed by atoms with Crippen molar-refractivity contribution in [1.29, 1.82) is 0 Å². The van der Waals surface area contributed by atoms with Crippen molar-refractivity contribution >= 4 is 12.2 Å². The molecule has 0 aromatic heterocycles. The molecule has 1 heterocycles. The van der Waals surface area contributed by atoms with Crippen molar-refractivity contribution < 1.29 is 14.3 Å². The molecular formula is C11H11NO3. The van der Waals surface area contributed by atoms with Crippen LogP contribution in [0.15, 0.2) is 18.2 Å². The summed E-state index contributed by atoms with van der Waals surface area (Å²) >= 11 is 0. The van der Waals surface area contributed by atoms with Crippen molar-refractivity contribution in [3.63, 3.8) is 0 Å². The predicted molar refractivity (Wildman–Crippen MR) is 53.8 cm³/mol. The molecule has 0 saturated heterocycles. The maximum Gasteiger partial charge on any atom is 0.258 e. The minimum Gasteiger partial charge on any atom is -0.480 e. The Morgan fingerprint density at radius 1 is 1.53 bits per heavy atom. The molecule has 0 bridgehead atoms. The first-order chi connectivity index (χ1) is 7.20. The summed E-state index contributed by atoms with van der Waals surface area (Å²) in [6, 6.07) is 5.14. The van der Waals surface area contributed by atoms with E-state index in [1.165, 1.54) is 0 Å². The number of primary amides is 1. The van der Waals surface area contributed by atoms with Crippen LogP contribution in [0.2, 0.25) is 0 Å². The molecule has 1 aromatic rings. The van der Waals surface area contributed by atoms with E-state index in [9.17, 15) is 9.59 Å². The van der Waals surface area contributed by atoms with Gasteiger partial charge in [-0.25, -0.2) is 0 Å². The van der Waals surface area contributed by atoms with Gasteiger partial charge in [0.2, 0.25) is 0 Å². The number of hydrogen-bond donors (Lipinski definition) is 1. The summed E-state index contributed by atoms with van der Waals surface area (Å²) < 4.78 is 5.40. The lowest BCUT2D eigenvalue weighted by Gasteiger charge is -2.23. The van der Waals surface area contributed by atoms with Gasteiger partial charge in [-0.15, -0.1) is 0 Å². The molecule has 0 saturated carbocycles. The number of carbonyl (C=O) groups is 2. The highest BCUT2D eigenvalue weighted by molar-refractivity contribution is 5.80. The lowest BCUT2D eigenvalue weighted by Crippen LogP contribution is -2.36. The maximum atomic E-state index is 10.9. The molecule has 4 nitrogen and oxygen atoms in total. The molecule has 1 amide bonds. The van der Waals surface area contributed by atoms with E-state index in [2.05, 4.69) is 0 Å². The molecule has 0 aliphatic carbocycles. The molecule has 0 spiro atoms. The molecule has 1 atom stereocenters. The summed E-state index contributed by atoms with van der Waals surface area (Å²) in [6.45, 7) is 0. The first kappa shape index (κ1) is 9.71. The summed E-state index contributed by atoms with van der Waals surface area (Å²) in [4.78, 5) is 21.5. The lowest BCUT2D eigenvalue weighted by molar-refractivity contribution is -0.125. The number of benzene rings is 1. The Labute approximate surface area is 87.0 Å². The topological polar surface area (TPSA) is 69.4 Å². The van der Waals surface area contributed by atoms with Crippen molar-refractivity contribution in [3.8, 4) is 5.75 Å². The summed E-state index contributed by atoms with van der Waals surface area (Å²) in [7, 11) is 0. The molecular weight excluding hydrogens is 194 g/mol. The number of ether oxygens (including phenoxy) is 1. The minimum atomic E-state index is -0.542. The number of rotatable bonds is 2. The standard InChI is InChI=1S/C11H11NO3/c12-11(14)10-4-2-8-5-7(6-13)1-3-9(8)15-10/h1,3,5-6,10H,2,4H2,(H2,12,14)/t10-/m1/s1. The largest absolute Gasteiger partial charge is 0.480 e. The van der Waals surface area contributed by atoms with Crippen LogP contribution in [-0.2, 0) is 11.2 Å². The second-order valence-electron chi connectivity index (χ2n) is 3.53. The summed E-state index contributed by atoms with van der Waals surface area (Å²) in [6.07, 6.45) is 1.54. The number of aryl methyl sites for hydroxylation is 1. The van der Waals surface area contributed by atoms with Gasteiger partial charge in [-0.3, -0.25) is 9.59 Å². The Bertz CT molecular complexity index is 414. The van der Waals surface area contributed by atoms with Gasteiger partial charge in [0, 0.05) is 5.56 Å². The number of carbonyl (C=O) groups excluding carboxylic acids is 2. The van der Waals surface area contributed by atoms with Crippen molar-refractivity contribution in [3.05, 3.63) is 29.3 Å². The average molecular weight is 205 g/mol. The molecule has 78 valence electrons. The van der Waals surface area contributed by atoms with Crippen LogP contribution in [-0.4, -0.2) is 18.3 Å². The van der Waals surface area contributed by atoms with Crippen molar-refractivity contribution in [1.82, 2.24) is 0 Å². The van der Waals surface area contributed by atoms with Gasteiger partial charge >= 0.3 is 0 Å². The monoisotopic (exact) mass is 205 g/mol. The molecule has 0 fully saturated rings. The highest BCUT2D eigenvalue weighted by Gasteiger charge is 2.23. The van der Waals surface area contributed by atoms with Crippen molar-refractivity contribution in [2.75, 3.05) is 0 Å². The first-order valence-corrected chi connectivity index (χ1v) is 4.75. The average Bonchev–Trinajstić information content (AvgIpc) is 2.27. The number of amides is 1. The zero-order chi connectivity index (χ0) is 10.8. The molecule has 2 rings (SSSR count). The minimum absolute atomic E-state index is 0.444. The third-order valence-electron chi connectivity index (χ3n) is 2.48. The smallest absolute Gasteiger partial charge is 0.258 e. The van der Waals surface area contributed by atoms with Crippen molar-refractivity contribution in [2.45, 2.75) is 18.9 Å². The van der Waals surface area contributed by atoms with Crippen LogP contribution in [0, 0.1) is 0 Å². The number of hydrogen-bond acceptors (Lipinski definition) is 3. The van der Waals surface area contributed by atoms with Crippen LogP contribution in [0.25, 0.3) is 0 Å². The molecule has 1 aliphatic heterocycles. The van der Waals surface area contributed by atoms with Gasteiger partial charge in [-0.1, -0.05) is 0 Å². The van der Waals surface area contributed by atoms with Crippen LogP contribution in [0.3, 0.4) is 0 Å². The van der Waals surface area contributed by atoms with E-state index in [1.54, 1.807) is 18.2 Å². The van der Waals surface area contributed by atoms with E-state index in [0.29, 0.717) is 24.2 Å². The second kappa shape index (κ2) is 3.73. The van der Waals surface area contributed by atoms with Gasteiger partial charge in [0.1, 0.15) is 12.0 Å². The molecule has 1 aromatic carbocycles. The van der Waals surface area contributed by atoms with Crippen LogP contribution in [0.1, 0.15) is 22.3 Å².